The van der Waals surface area contributed by atoms with E-state index in [0.29, 0.717) is 41.6 Å². The molecule has 14 heteroatoms. The summed E-state index contributed by atoms with van der Waals surface area (Å²) in [6, 6.07) is 2.01. The SMILES string of the molecule is C=CCOc1c(C)c2c(c3c1CC1[C@H]4c5c(cc(C)c(OC)c5OCOC)C[C@H]([C@H](C#N)N1[C@H]3CNC(=O)C(C)NC(=O)OC(C)(C)C)N4C)OCO2. The summed E-state index contributed by atoms with van der Waals surface area (Å²) in [7, 11) is 5.27. The van der Waals surface area contributed by atoms with Gasteiger partial charge >= 0.3 is 6.09 Å². The van der Waals surface area contributed by atoms with Gasteiger partial charge in [0.1, 0.15) is 30.0 Å². The maximum Gasteiger partial charge on any atom is 0.408 e. The first-order valence-corrected chi connectivity index (χ1v) is 17.9. The second-order valence-electron chi connectivity index (χ2n) is 15.0. The highest BCUT2D eigenvalue weighted by atomic mass is 16.7. The molecule has 1 fully saturated rings. The van der Waals surface area contributed by atoms with Crippen LogP contribution in [-0.4, -0.2) is 99.6 Å². The zero-order chi connectivity index (χ0) is 38.4. The summed E-state index contributed by atoms with van der Waals surface area (Å²) in [6.45, 7) is 15.1. The molecule has 53 heavy (non-hydrogen) atoms. The molecule has 4 aliphatic heterocycles. The third kappa shape index (κ3) is 6.82. The molecule has 4 heterocycles. The first-order valence-electron chi connectivity index (χ1n) is 17.9. The van der Waals surface area contributed by atoms with E-state index in [-0.39, 0.29) is 44.9 Å². The molecule has 0 radical (unpaired) electrons. The van der Waals surface area contributed by atoms with Gasteiger partial charge in [0.15, 0.2) is 29.8 Å². The average molecular weight is 734 g/mol. The predicted octanol–water partition coefficient (Wildman–Crippen LogP) is 4.39. The fourth-order valence-corrected chi connectivity index (χ4v) is 8.50. The summed E-state index contributed by atoms with van der Waals surface area (Å²) in [5.41, 5.74) is 4.77. The molecular weight excluding hydrogens is 682 g/mol. The molecule has 2 aromatic carbocycles. The van der Waals surface area contributed by atoms with E-state index in [1.165, 1.54) is 0 Å². The molecular formula is C39H51N5O9. The van der Waals surface area contributed by atoms with Gasteiger partial charge in [0.25, 0.3) is 0 Å². The molecule has 1 saturated heterocycles. The molecule has 2 N–H and O–H groups in total. The minimum atomic E-state index is -0.903. The number of likely N-dealkylation sites (N-methyl/N-ethyl adjacent to an activating group) is 1. The number of nitriles is 1. The van der Waals surface area contributed by atoms with Crippen molar-refractivity contribution >= 4 is 12.0 Å². The van der Waals surface area contributed by atoms with Crippen LogP contribution in [0.5, 0.6) is 28.7 Å². The van der Waals surface area contributed by atoms with Gasteiger partial charge in [0, 0.05) is 48.0 Å². The zero-order valence-electron chi connectivity index (χ0n) is 32.1. The molecule has 0 saturated carbocycles. The third-order valence-corrected chi connectivity index (χ3v) is 10.5. The number of aryl methyl sites for hydroxylation is 1. The van der Waals surface area contributed by atoms with Crippen LogP contribution in [-0.2, 0) is 27.1 Å². The number of alkyl carbamates (subject to hydrolysis) is 1. The van der Waals surface area contributed by atoms with Crippen molar-refractivity contribution in [3.8, 4) is 34.8 Å². The highest BCUT2D eigenvalue weighted by molar-refractivity contribution is 5.85. The minimum absolute atomic E-state index is 0.0231. The van der Waals surface area contributed by atoms with Crippen LogP contribution in [0, 0.1) is 25.2 Å². The lowest BCUT2D eigenvalue weighted by Gasteiger charge is -2.60. The Labute approximate surface area is 311 Å². The van der Waals surface area contributed by atoms with E-state index in [0.717, 1.165) is 33.4 Å². The summed E-state index contributed by atoms with van der Waals surface area (Å²) >= 11 is 0. The second-order valence-corrected chi connectivity index (χ2v) is 15.0. The Balaban J connectivity index is 1.50. The predicted molar refractivity (Wildman–Crippen MR) is 195 cm³/mol. The van der Waals surface area contributed by atoms with E-state index in [1.807, 2.05) is 13.8 Å². The van der Waals surface area contributed by atoms with Crippen molar-refractivity contribution < 1.29 is 42.7 Å². The van der Waals surface area contributed by atoms with Crippen LogP contribution in [0.3, 0.4) is 0 Å². The van der Waals surface area contributed by atoms with E-state index < -0.39 is 35.7 Å². The summed E-state index contributed by atoms with van der Waals surface area (Å²) in [5, 5.41) is 16.7. The molecule has 286 valence electrons. The van der Waals surface area contributed by atoms with Gasteiger partial charge in [0.05, 0.1) is 25.3 Å². The molecule has 6 rings (SSSR count). The number of benzene rings is 2. The van der Waals surface area contributed by atoms with E-state index in [1.54, 1.807) is 48.0 Å². The molecule has 14 nitrogen and oxygen atoms in total. The highest BCUT2D eigenvalue weighted by Crippen LogP contribution is 2.58. The van der Waals surface area contributed by atoms with Crippen molar-refractivity contribution in [1.82, 2.24) is 20.4 Å². The maximum absolute atomic E-state index is 13.7. The quantitative estimate of drug-likeness (QED) is 0.249. The molecule has 0 aliphatic carbocycles. The summed E-state index contributed by atoms with van der Waals surface area (Å²) < 4.78 is 41.6. The van der Waals surface area contributed by atoms with Crippen LogP contribution >= 0.6 is 0 Å². The fourth-order valence-electron chi connectivity index (χ4n) is 8.50. The van der Waals surface area contributed by atoms with Gasteiger partial charge in [-0.1, -0.05) is 18.7 Å². The Hall–Kier alpha value is -4.71. The highest BCUT2D eigenvalue weighted by Gasteiger charge is 2.57. The maximum atomic E-state index is 13.7. The number of methoxy groups -OCH3 is 2. The summed E-state index contributed by atoms with van der Waals surface area (Å²) in [5.74, 6) is 2.63. The number of piperazine rings is 1. The molecule has 2 bridgehead atoms. The van der Waals surface area contributed by atoms with Crippen LogP contribution in [0.1, 0.15) is 73.2 Å². The van der Waals surface area contributed by atoms with Crippen molar-refractivity contribution in [1.29, 1.82) is 5.26 Å². The van der Waals surface area contributed by atoms with Crippen LogP contribution in [0.4, 0.5) is 4.79 Å². The third-order valence-electron chi connectivity index (χ3n) is 10.5. The average Bonchev–Trinajstić information content (AvgIpc) is 3.59. The van der Waals surface area contributed by atoms with Crippen molar-refractivity contribution in [2.75, 3.05) is 48.0 Å². The lowest BCUT2D eigenvalue weighted by molar-refractivity contribution is -0.123. The zero-order valence-corrected chi connectivity index (χ0v) is 32.1. The van der Waals surface area contributed by atoms with Gasteiger partial charge in [-0.2, -0.15) is 5.26 Å². The molecule has 0 spiro atoms. The van der Waals surface area contributed by atoms with Gasteiger partial charge < -0.3 is 43.8 Å². The van der Waals surface area contributed by atoms with Gasteiger partial charge in [-0.3, -0.25) is 14.6 Å². The largest absolute Gasteiger partial charge is 0.493 e. The van der Waals surface area contributed by atoms with Crippen molar-refractivity contribution in [3.63, 3.8) is 0 Å². The number of nitrogens with zero attached hydrogens (tertiary/aromatic N) is 3. The van der Waals surface area contributed by atoms with E-state index >= 15 is 0 Å². The van der Waals surface area contributed by atoms with E-state index in [2.05, 4.69) is 46.2 Å². The molecule has 6 atom stereocenters. The Morgan fingerprint density at radius 2 is 1.83 bits per heavy atom. The van der Waals surface area contributed by atoms with E-state index in [9.17, 15) is 14.9 Å². The molecule has 2 aromatic rings. The first-order chi connectivity index (χ1) is 25.3. The van der Waals surface area contributed by atoms with Gasteiger partial charge in [-0.25, -0.2) is 4.79 Å². The number of nitrogens with one attached hydrogen (secondary N) is 2. The normalized spacial score (nSPS) is 23.4. The summed E-state index contributed by atoms with van der Waals surface area (Å²) in [4.78, 5) is 30.7. The smallest absolute Gasteiger partial charge is 0.408 e. The number of amides is 2. The number of carbonyl (C=O) groups excluding carboxylic acids is 2. The Bertz CT molecular complexity index is 1820. The topological polar surface area (TPSA) is 153 Å². The lowest BCUT2D eigenvalue weighted by atomic mass is 9.71. The number of carbonyl (C=O) groups is 2. The number of rotatable bonds is 11. The number of hydrogen-bond acceptors (Lipinski definition) is 12. The monoisotopic (exact) mass is 733 g/mol. The number of hydrogen-bond donors (Lipinski definition) is 2. The van der Waals surface area contributed by atoms with Crippen LogP contribution in [0.15, 0.2) is 18.7 Å². The van der Waals surface area contributed by atoms with Crippen LogP contribution in [0.2, 0.25) is 0 Å². The second kappa shape index (κ2) is 15.0. The fraction of sp³-hybridized carbons (Fsp3) is 0.564. The van der Waals surface area contributed by atoms with Gasteiger partial charge in [-0.15, -0.1) is 0 Å². The molecule has 2 unspecified atom stereocenters. The van der Waals surface area contributed by atoms with Gasteiger partial charge in [-0.05, 0) is 72.6 Å². The first kappa shape index (κ1) is 38.0. The molecule has 4 aliphatic rings. The minimum Gasteiger partial charge on any atom is -0.493 e. The van der Waals surface area contributed by atoms with Gasteiger partial charge in [0.2, 0.25) is 12.7 Å². The van der Waals surface area contributed by atoms with Crippen LogP contribution < -0.4 is 34.3 Å². The van der Waals surface area contributed by atoms with Crippen LogP contribution in [0.25, 0.3) is 0 Å². The standard InChI is InChI=1S/C39H51N5O9/c1-11-12-49-33-21(3)34-36(52-19-51-34)30-24(33)15-26-31-29-23(13-20(2)32(48-10)35(29)50-18-47-9)14-25(43(31)8)27(16-40)44(26)28(30)17-41-37(45)22(4)42-38(46)53-39(5,6)7/h11,13,22,25-28,31H,1,12,14-15,17-19H2,2-10H3,(H,41,45)(H,42,46)/t22?,25-,26?,27+,28+,31+/m1/s1. The lowest BCUT2D eigenvalue weighted by Crippen LogP contribution is -2.69. The van der Waals surface area contributed by atoms with E-state index in [4.69, 9.17) is 33.2 Å². The van der Waals surface area contributed by atoms with Crippen molar-refractivity contribution in [2.45, 2.75) is 96.2 Å². The Morgan fingerprint density at radius 1 is 1.09 bits per heavy atom. The number of fused-ring (bicyclic) bond motifs is 9. The number of ether oxygens (including phenoxy) is 7. The summed E-state index contributed by atoms with van der Waals surface area (Å²) in [6.07, 6.45) is 2.07. The molecule has 2 amide bonds. The van der Waals surface area contributed by atoms with Crippen molar-refractivity contribution in [2.24, 2.45) is 0 Å². The Kier molecular flexibility index (Phi) is 10.7. The molecule has 0 aromatic heterocycles. The Morgan fingerprint density at radius 3 is 2.49 bits per heavy atom. The van der Waals surface area contributed by atoms with Crippen molar-refractivity contribution in [3.05, 3.63) is 52.1 Å².